The van der Waals surface area contributed by atoms with Gasteiger partial charge in [-0.2, -0.15) is 0 Å². The number of hydrogen-bond acceptors (Lipinski definition) is 1. The molecule has 1 aliphatic heterocycles. The third-order valence-electron chi connectivity index (χ3n) is 1.24. The summed E-state index contributed by atoms with van der Waals surface area (Å²) in [5, 5.41) is 0. The molecular weight excluding hydrogens is 110 g/mol. The van der Waals surface area contributed by atoms with Gasteiger partial charge in [0.1, 0.15) is 0 Å². The maximum absolute atomic E-state index is 4.13. The Balaban J connectivity index is 2.66. The van der Waals surface area contributed by atoms with Crippen LogP contribution in [0.3, 0.4) is 0 Å². The van der Waals surface area contributed by atoms with Crippen LogP contribution in [0.15, 0.2) is 29.4 Å². The summed E-state index contributed by atoms with van der Waals surface area (Å²) in [5.41, 5.74) is 1.09. The second-order valence-corrected chi connectivity index (χ2v) is 2.13. The molecule has 0 radical (unpaired) electrons. The van der Waals surface area contributed by atoms with Crippen LogP contribution in [-0.4, -0.2) is 5.71 Å². The zero-order valence-corrected chi connectivity index (χ0v) is 5.67. The summed E-state index contributed by atoms with van der Waals surface area (Å²) in [6, 6.07) is 0. The molecule has 0 aromatic heterocycles. The fraction of sp³-hybridized carbons (Fsp3) is 0.375. The molecular formula is C8H11N. The highest BCUT2D eigenvalue weighted by Crippen LogP contribution is 1.97. The molecule has 0 aromatic carbocycles. The van der Waals surface area contributed by atoms with Gasteiger partial charge in [-0.05, 0) is 25.8 Å². The predicted molar refractivity (Wildman–Crippen MR) is 40.6 cm³/mol. The highest BCUT2D eigenvalue weighted by Gasteiger charge is 1.83. The van der Waals surface area contributed by atoms with Crippen molar-refractivity contribution in [1.82, 2.24) is 0 Å². The standard InChI is InChI=1S/C8H11N/c1-8-6-4-2-3-5-7-9-8/h4-7H,2-3H2,1H3. The zero-order valence-electron chi connectivity index (χ0n) is 5.67. The average molecular weight is 121 g/mol. The summed E-state index contributed by atoms with van der Waals surface area (Å²) in [6.45, 7) is 2.01. The molecule has 0 amide bonds. The van der Waals surface area contributed by atoms with Gasteiger partial charge in [-0.3, -0.25) is 4.99 Å². The number of aliphatic imine (C=N–C) groups is 1. The van der Waals surface area contributed by atoms with E-state index in [0.29, 0.717) is 0 Å². The van der Waals surface area contributed by atoms with Crippen LogP contribution < -0.4 is 0 Å². The van der Waals surface area contributed by atoms with Crippen LogP contribution in [-0.2, 0) is 0 Å². The van der Waals surface area contributed by atoms with Crippen LogP contribution in [0.2, 0.25) is 0 Å². The Morgan fingerprint density at radius 3 is 3.00 bits per heavy atom. The summed E-state index contributed by atoms with van der Waals surface area (Å²) in [6.07, 6.45) is 10.4. The first-order chi connectivity index (χ1) is 4.39. The van der Waals surface area contributed by atoms with Gasteiger partial charge in [0.15, 0.2) is 0 Å². The van der Waals surface area contributed by atoms with E-state index in [0.717, 1.165) is 18.6 Å². The number of allylic oxidation sites excluding steroid dienone is 3. The van der Waals surface area contributed by atoms with Crippen LogP contribution in [0.5, 0.6) is 0 Å². The highest BCUT2D eigenvalue weighted by atomic mass is 14.7. The summed E-state index contributed by atoms with van der Waals surface area (Å²) in [5.74, 6) is 0. The topological polar surface area (TPSA) is 12.4 Å². The van der Waals surface area contributed by atoms with Crippen molar-refractivity contribution in [3.05, 3.63) is 24.4 Å². The monoisotopic (exact) mass is 121 g/mol. The second-order valence-electron chi connectivity index (χ2n) is 2.13. The van der Waals surface area contributed by atoms with Crippen LogP contribution in [0.25, 0.3) is 0 Å². The minimum atomic E-state index is 1.09. The van der Waals surface area contributed by atoms with E-state index in [1.54, 1.807) is 0 Å². The van der Waals surface area contributed by atoms with Crippen molar-refractivity contribution < 1.29 is 0 Å². The van der Waals surface area contributed by atoms with E-state index in [1.807, 2.05) is 13.1 Å². The van der Waals surface area contributed by atoms with Crippen molar-refractivity contribution in [3.63, 3.8) is 0 Å². The molecule has 0 bridgehead atoms. The molecule has 1 heterocycles. The summed E-state index contributed by atoms with van der Waals surface area (Å²) >= 11 is 0. The predicted octanol–water partition coefficient (Wildman–Crippen LogP) is 2.31. The van der Waals surface area contributed by atoms with Crippen LogP contribution in [0, 0.1) is 0 Å². The number of rotatable bonds is 0. The zero-order chi connectivity index (χ0) is 6.53. The third kappa shape index (κ3) is 2.27. The normalized spacial score (nSPS) is 18.6. The second kappa shape index (κ2) is 3.23. The van der Waals surface area contributed by atoms with Crippen LogP contribution >= 0.6 is 0 Å². The van der Waals surface area contributed by atoms with E-state index in [2.05, 4.69) is 23.2 Å². The van der Waals surface area contributed by atoms with E-state index in [1.165, 1.54) is 0 Å². The third-order valence-corrected chi connectivity index (χ3v) is 1.24. The van der Waals surface area contributed by atoms with E-state index in [4.69, 9.17) is 0 Å². The van der Waals surface area contributed by atoms with Crippen LogP contribution in [0.1, 0.15) is 19.8 Å². The first-order valence-electron chi connectivity index (χ1n) is 3.25. The van der Waals surface area contributed by atoms with Gasteiger partial charge in [0.25, 0.3) is 0 Å². The quantitative estimate of drug-likeness (QED) is 0.466. The fourth-order valence-electron chi connectivity index (χ4n) is 0.734. The lowest BCUT2D eigenvalue weighted by Gasteiger charge is -1.92. The molecule has 48 valence electrons. The van der Waals surface area contributed by atoms with Crippen molar-refractivity contribution in [2.24, 2.45) is 4.99 Å². The number of hydrogen-bond donors (Lipinski definition) is 0. The molecule has 0 N–H and O–H groups in total. The van der Waals surface area contributed by atoms with Crippen molar-refractivity contribution in [2.45, 2.75) is 19.8 Å². The Hall–Kier alpha value is -0.850. The smallest absolute Gasteiger partial charge is 0.0369 e. The van der Waals surface area contributed by atoms with Gasteiger partial charge in [0.2, 0.25) is 0 Å². The van der Waals surface area contributed by atoms with E-state index >= 15 is 0 Å². The number of nitrogens with zero attached hydrogens (tertiary/aromatic N) is 1. The van der Waals surface area contributed by atoms with E-state index < -0.39 is 0 Å². The maximum Gasteiger partial charge on any atom is 0.0369 e. The van der Waals surface area contributed by atoms with Gasteiger partial charge >= 0.3 is 0 Å². The highest BCUT2D eigenvalue weighted by molar-refractivity contribution is 5.93. The molecule has 9 heavy (non-hydrogen) atoms. The molecule has 1 nitrogen and oxygen atoms in total. The van der Waals surface area contributed by atoms with Gasteiger partial charge in [-0.1, -0.05) is 12.2 Å². The van der Waals surface area contributed by atoms with Crippen molar-refractivity contribution in [1.29, 1.82) is 0 Å². The molecule has 0 saturated heterocycles. The first kappa shape index (κ1) is 6.27. The maximum atomic E-state index is 4.13. The SMILES string of the molecule is CC1=NC=CCCC=C1. The molecule has 1 heteroatoms. The summed E-state index contributed by atoms with van der Waals surface area (Å²) in [4.78, 5) is 4.13. The molecule has 0 saturated carbocycles. The Kier molecular flexibility index (Phi) is 2.25. The van der Waals surface area contributed by atoms with E-state index in [-0.39, 0.29) is 0 Å². The van der Waals surface area contributed by atoms with Gasteiger partial charge in [-0.15, -0.1) is 0 Å². The molecule has 0 unspecified atom stereocenters. The average Bonchev–Trinajstić information content (AvgIpc) is 1.79. The Labute approximate surface area is 55.8 Å². The van der Waals surface area contributed by atoms with Gasteiger partial charge in [0, 0.05) is 11.9 Å². The minimum Gasteiger partial charge on any atom is -0.262 e. The lowest BCUT2D eigenvalue weighted by Crippen LogP contribution is -1.83. The van der Waals surface area contributed by atoms with Crippen molar-refractivity contribution in [3.8, 4) is 0 Å². The van der Waals surface area contributed by atoms with Gasteiger partial charge in [0.05, 0.1) is 0 Å². The fourth-order valence-corrected chi connectivity index (χ4v) is 0.734. The Morgan fingerprint density at radius 1 is 1.33 bits per heavy atom. The largest absolute Gasteiger partial charge is 0.262 e. The molecule has 0 aliphatic carbocycles. The van der Waals surface area contributed by atoms with Crippen molar-refractivity contribution in [2.75, 3.05) is 0 Å². The summed E-state index contributed by atoms with van der Waals surface area (Å²) in [7, 11) is 0. The summed E-state index contributed by atoms with van der Waals surface area (Å²) < 4.78 is 0. The molecule has 0 atom stereocenters. The molecule has 1 aliphatic rings. The molecule has 0 fully saturated rings. The van der Waals surface area contributed by atoms with Gasteiger partial charge in [-0.25, -0.2) is 0 Å². The minimum absolute atomic E-state index is 1.09. The lowest BCUT2D eigenvalue weighted by molar-refractivity contribution is 1.04. The Bertz CT molecular complexity index is 163. The van der Waals surface area contributed by atoms with Crippen LogP contribution in [0.4, 0.5) is 0 Å². The molecule has 0 spiro atoms. The molecule has 1 rings (SSSR count). The first-order valence-corrected chi connectivity index (χ1v) is 3.25. The lowest BCUT2D eigenvalue weighted by atomic mass is 10.2. The van der Waals surface area contributed by atoms with Gasteiger partial charge < -0.3 is 0 Å². The van der Waals surface area contributed by atoms with E-state index in [9.17, 15) is 0 Å². The molecule has 0 aromatic rings. The Morgan fingerprint density at radius 2 is 2.11 bits per heavy atom. The van der Waals surface area contributed by atoms with Crippen molar-refractivity contribution >= 4 is 5.71 Å².